The van der Waals surface area contributed by atoms with Crippen LogP contribution in [0.5, 0.6) is 0 Å². The van der Waals surface area contributed by atoms with E-state index in [1.54, 1.807) is 0 Å². The molecule has 112 valence electrons. The third-order valence-electron chi connectivity index (χ3n) is 4.58. The predicted molar refractivity (Wildman–Crippen MR) is 86.8 cm³/mol. The number of nitrogens with zero attached hydrogens (tertiary/aromatic N) is 1. The SMILES string of the molecule is CCC(N)C(c1ccc(C)cc1)N1CCCCCCC1. The highest BCUT2D eigenvalue weighted by atomic mass is 15.2. The van der Waals surface area contributed by atoms with E-state index in [0.29, 0.717) is 6.04 Å². The summed E-state index contributed by atoms with van der Waals surface area (Å²) in [5.74, 6) is 0. The molecule has 0 bridgehead atoms. The standard InChI is InChI=1S/C18H30N2/c1-3-17(19)18(16-11-9-15(2)10-12-16)20-13-7-5-4-6-8-14-20/h9-12,17-18H,3-8,13-14,19H2,1-2H3. The van der Waals surface area contributed by atoms with Gasteiger partial charge in [0.25, 0.3) is 0 Å². The lowest BCUT2D eigenvalue weighted by Gasteiger charge is -2.36. The molecule has 0 saturated carbocycles. The maximum absolute atomic E-state index is 6.47. The highest BCUT2D eigenvalue weighted by Crippen LogP contribution is 2.27. The van der Waals surface area contributed by atoms with E-state index in [9.17, 15) is 0 Å². The number of benzene rings is 1. The molecular formula is C18H30N2. The van der Waals surface area contributed by atoms with Crippen molar-refractivity contribution >= 4 is 0 Å². The minimum absolute atomic E-state index is 0.233. The fourth-order valence-corrected chi connectivity index (χ4v) is 3.27. The molecule has 2 rings (SSSR count). The topological polar surface area (TPSA) is 29.3 Å². The molecule has 2 nitrogen and oxygen atoms in total. The van der Waals surface area contributed by atoms with E-state index < -0.39 is 0 Å². The van der Waals surface area contributed by atoms with Gasteiger partial charge in [-0.1, -0.05) is 56.0 Å². The van der Waals surface area contributed by atoms with Gasteiger partial charge in [-0.15, -0.1) is 0 Å². The van der Waals surface area contributed by atoms with Crippen molar-refractivity contribution in [1.82, 2.24) is 4.90 Å². The molecule has 0 spiro atoms. The Hall–Kier alpha value is -0.860. The largest absolute Gasteiger partial charge is 0.326 e. The summed E-state index contributed by atoms with van der Waals surface area (Å²) in [7, 11) is 0. The second-order valence-electron chi connectivity index (χ2n) is 6.23. The first-order chi connectivity index (χ1) is 9.72. The van der Waals surface area contributed by atoms with Gasteiger partial charge in [0.2, 0.25) is 0 Å². The Morgan fingerprint density at radius 3 is 2.10 bits per heavy atom. The Kier molecular flexibility index (Phi) is 6.06. The van der Waals surface area contributed by atoms with E-state index in [1.807, 2.05) is 0 Å². The normalized spacial score (nSPS) is 20.9. The van der Waals surface area contributed by atoms with Gasteiger partial charge in [-0.3, -0.25) is 4.90 Å². The first-order valence-corrected chi connectivity index (χ1v) is 8.28. The average molecular weight is 274 g/mol. The zero-order chi connectivity index (χ0) is 14.4. The van der Waals surface area contributed by atoms with Crippen molar-refractivity contribution in [2.45, 2.75) is 64.5 Å². The van der Waals surface area contributed by atoms with Crippen molar-refractivity contribution in [3.63, 3.8) is 0 Å². The number of aryl methyl sites for hydroxylation is 1. The zero-order valence-electron chi connectivity index (χ0n) is 13.1. The van der Waals surface area contributed by atoms with Crippen LogP contribution >= 0.6 is 0 Å². The molecule has 1 aliphatic heterocycles. The molecule has 1 aromatic rings. The van der Waals surface area contributed by atoms with Gasteiger partial charge < -0.3 is 5.73 Å². The van der Waals surface area contributed by atoms with Gasteiger partial charge in [-0.2, -0.15) is 0 Å². The van der Waals surface area contributed by atoms with E-state index in [-0.39, 0.29) is 6.04 Å². The number of rotatable bonds is 4. The quantitative estimate of drug-likeness (QED) is 0.898. The fourth-order valence-electron chi connectivity index (χ4n) is 3.27. The van der Waals surface area contributed by atoms with Crippen molar-refractivity contribution in [3.05, 3.63) is 35.4 Å². The molecule has 2 unspecified atom stereocenters. The Balaban J connectivity index is 2.19. The highest BCUT2D eigenvalue weighted by Gasteiger charge is 2.25. The Bertz CT molecular complexity index is 377. The number of nitrogens with two attached hydrogens (primary N) is 1. The molecule has 2 atom stereocenters. The van der Waals surface area contributed by atoms with Crippen molar-refractivity contribution in [1.29, 1.82) is 0 Å². The maximum atomic E-state index is 6.47. The van der Waals surface area contributed by atoms with Crippen LogP contribution < -0.4 is 5.73 Å². The van der Waals surface area contributed by atoms with Gasteiger partial charge in [-0.25, -0.2) is 0 Å². The van der Waals surface area contributed by atoms with Crippen LogP contribution in [0.3, 0.4) is 0 Å². The first-order valence-electron chi connectivity index (χ1n) is 8.28. The summed E-state index contributed by atoms with van der Waals surface area (Å²) in [5, 5.41) is 0. The molecule has 1 aliphatic rings. The van der Waals surface area contributed by atoms with Gasteiger partial charge in [0, 0.05) is 12.1 Å². The molecule has 0 radical (unpaired) electrons. The predicted octanol–water partition coefficient (Wildman–Crippen LogP) is 4.04. The molecular weight excluding hydrogens is 244 g/mol. The highest BCUT2D eigenvalue weighted by molar-refractivity contribution is 5.25. The van der Waals surface area contributed by atoms with Gasteiger partial charge in [0.05, 0.1) is 0 Å². The lowest BCUT2D eigenvalue weighted by atomic mass is 9.94. The summed E-state index contributed by atoms with van der Waals surface area (Å²) in [4.78, 5) is 2.64. The monoisotopic (exact) mass is 274 g/mol. The van der Waals surface area contributed by atoms with Crippen LogP contribution in [0.15, 0.2) is 24.3 Å². The van der Waals surface area contributed by atoms with E-state index in [2.05, 4.69) is 43.0 Å². The second kappa shape index (κ2) is 7.80. The molecule has 1 saturated heterocycles. The molecule has 20 heavy (non-hydrogen) atoms. The van der Waals surface area contributed by atoms with Gasteiger partial charge in [0.15, 0.2) is 0 Å². The van der Waals surface area contributed by atoms with E-state index in [4.69, 9.17) is 5.73 Å². The molecule has 2 heteroatoms. The van der Waals surface area contributed by atoms with Gasteiger partial charge >= 0.3 is 0 Å². The van der Waals surface area contributed by atoms with Gasteiger partial charge in [-0.05, 0) is 44.8 Å². The van der Waals surface area contributed by atoms with Crippen LogP contribution in [0.1, 0.15) is 62.6 Å². The minimum Gasteiger partial charge on any atom is -0.326 e. The third-order valence-corrected chi connectivity index (χ3v) is 4.58. The summed E-state index contributed by atoms with van der Waals surface area (Å²) in [6, 6.07) is 9.60. The Morgan fingerprint density at radius 1 is 1.00 bits per heavy atom. The molecule has 0 aromatic heterocycles. The summed E-state index contributed by atoms with van der Waals surface area (Å²) in [6.45, 7) is 6.75. The maximum Gasteiger partial charge on any atom is 0.0499 e. The van der Waals surface area contributed by atoms with Crippen molar-refractivity contribution in [2.24, 2.45) is 5.73 Å². The molecule has 1 aromatic carbocycles. The first kappa shape index (κ1) is 15.5. The van der Waals surface area contributed by atoms with Crippen LogP contribution in [-0.2, 0) is 0 Å². The Labute approximate surface area is 124 Å². The summed E-state index contributed by atoms with van der Waals surface area (Å²) in [5.41, 5.74) is 9.18. The molecule has 2 N–H and O–H groups in total. The zero-order valence-corrected chi connectivity index (χ0v) is 13.1. The van der Waals surface area contributed by atoms with Crippen molar-refractivity contribution in [3.8, 4) is 0 Å². The van der Waals surface area contributed by atoms with Crippen LogP contribution in [0.4, 0.5) is 0 Å². The van der Waals surface area contributed by atoms with Crippen LogP contribution in [-0.4, -0.2) is 24.0 Å². The smallest absolute Gasteiger partial charge is 0.0499 e. The van der Waals surface area contributed by atoms with Crippen LogP contribution in [0.25, 0.3) is 0 Å². The number of hydrogen-bond donors (Lipinski definition) is 1. The Morgan fingerprint density at radius 2 is 1.55 bits per heavy atom. The van der Waals surface area contributed by atoms with Gasteiger partial charge in [0.1, 0.15) is 0 Å². The second-order valence-corrected chi connectivity index (χ2v) is 6.23. The van der Waals surface area contributed by atoms with E-state index in [0.717, 1.165) is 6.42 Å². The van der Waals surface area contributed by atoms with Crippen molar-refractivity contribution in [2.75, 3.05) is 13.1 Å². The third kappa shape index (κ3) is 4.07. The van der Waals surface area contributed by atoms with E-state index in [1.165, 1.54) is 56.3 Å². The molecule has 1 fully saturated rings. The van der Waals surface area contributed by atoms with Crippen LogP contribution in [0.2, 0.25) is 0 Å². The van der Waals surface area contributed by atoms with Crippen molar-refractivity contribution < 1.29 is 0 Å². The molecule has 0 aliphatic carbocycles. The lowest BCUT2D eigenvalue weighted by molar-refractivity contribution is 0.155. The summed E-state index contributed by atoms with van der Waals surface area (Å²) in [6.07, 6.45) is 7.83. The minimum atomic E-state index is 0.233. The molecule has 1 heterocycles. The van der Waals surface area contributed by atoms with E-state index >= 15 is 0 Å². The number of likely N-dealkylation sites (tertiary alicyclic amines) is 1. The fraction of sp³-hybridized carbons (Fsp3) is 0.667. The summed E-state index contributed by atoms with van der Waals surface area (Å²) < 4.78 is 0. The average Bonchev–Trinajstić information content (AvgIpc) is 2.42. The summed E-state index contributed by atoms with van der Waals surface area (Å²) >= 11 is 0. The lowest BCUT2D eigenvalue weighted by Crippen LogP contribution is -2.42. The number of hydrogen-bond acceptors (Lipinski definition) is 2. The molecule has 0 amide bonds. The van der Waals surface area contributed by atoms with Crippen LogP contribution in [0, 0.1) is 6.92 Å².